The fourth-order valence-corrected chi connectivity index (χ4v) is 2.67. The summed E-state index contributed by atoms with van der Waals surface area (Å²) in [7, 11) is 0. The number of hydrogen-bond donors (Lipinski definition) is 1. The first kappa shape index (κ1) is 11.7. The zero-order valence-electron chi connectivity index (χ0n) is 10.8. The topological polar surface area (TPSA) is 12.0 Å². The molecular weight excluding hydrogens is 194 g/mol. The Morgan fingerprint density at radius 1 is 1.19 bits per heavy atom. The summed E-state index contributed by atoms with van der Waals surface area (Å²) in [5, 5.41) is 3.50. The number of hydrogen-bond acceptors (Lipinski definition) is 1. The van der Waals surface area contributed by atoms with E-state index >= 15 is 0 Å². The van der Waals surface area contributed by atoms with Gasteiger partial charge in [0.1, 0.15) is 0 Å². The van der Waals surface area contributed by atoms with E-state index in [9.17, 15) is 0 Å². The average molecular weight is 217 g/mol. The van der Waals surface area contributed by atoms with Crippen LogP contribution in [0.15, 0.2) is 12.1 Å². The van der Waals surface area contributed by atoms with Gasteiger partial charge in [0.05, 0.1) is 0 Å². The van der Waals surface area contributed by atoms with Crippen LogP contribution in [0.5, 0.6) is 0 Å². The fraction of sp³-hybridized carbons (Fsp3) is 0.600. The number of rotatable bonds is 2. The third-order valence-corrected chi connectivity index (χ3v) is 3.91. The van der Waals surface area contributed by atoms with Crippen LogP contribution in [0.3, 0.4) is 0 Å². The van der Waals surface area contributed by atoms with E-state index < -0.39 is 0 Å². The highest BCUT2D eigenvalue weighted by atomic mass is 14.9. The first-order valence-corrected chi connectivity index (χ1v) is 6.44. The Bertz CT molecular complexity index is 339. The van der Waals surface area contributed by atoms with E-state index in [-0.39, 0.29) is 0 Å². The molecule has 0 aliphatic carbocycles. The van der Waals surface area contributed by atoms with Gasteiger partial charge < -0.3 is 5.32 Å². The summed E-state index contributed by atoms with van der Waals surface area (Å²) in [5.41, 5.74) is 5.86. The van der Waals surface area contributed by atoms with Crippen LogP contribution in [0.25, 0.3) is 0 Å². The van der Waals surface area contributed by atoms with E-state index in [2.05, 4.69) is 38.2 Å². The molecule has 1 aromatic rings. The van der Waals surface area contributed by atoms with Crippen LogP contribution in [0.2, 0.25) is 0 Å². The molecule has 1 saturated heterocycles. The lowest BCUT2D eigenvalue weighted by Crippen LogP contribution is -2.30. The minimum atomic E-state index is 0.843. The number of piperidine rings is 1. The van der Waals surface area contributed by atoms with Gasteiger partial charge >= 0.3 is 0 Å². The molecule has 1 heterocycles. The number of benzene rings is 1. The van der Waals surface area contributed by atoms with Crippen LogP contribution in [0.4, 0.5) is 0 Å². The van der Waals surface area contributed by atoms with Crippen molar-refractivity contribution in [3.63, 3.8) is 0 Å². The van der Waals surface area contributed by atoms with Crippen molar-refractivity contribution in [3.05, 3.63) is 34.4 Å². The largest absolute Gasteiger partial charge is 0.316 e. The van der Waals surface area contributed by atoms with Crippen LogP contribution in [0, 0.1) is 26.7 Å². The third-order valence-electron chi connectivity index (χ3n) is 3.91. The Morgan fingerprint density at radius 2 is 1.88 bits per heavy atom. The van der Waals surface area contributed by atoms with Crippen molar-refractivity contribution in [2.75, 3.05) is 13.1 Å². The van der Waals surface area contributed by atoms with Gasteiger partial charge in [-0.2, -0.15) is 0 Å². The van der Waals surface area contributed by atoms with E-state index in [1.165, 1.54) is 54.6 Å². The lowest BCUT2D eigenvalue weighted by Gasteiger charge is -2.23. The molecule has 1 aliphatic rings. The molecular formula is C15H23N. The molecule has 0 aromatic heterocycles. The lowest BCUT2D eigenvalue weighted by molar-refractivity contribution is 0.376. The fourth-order valence-electron chi connectivity index (χ4n) is 2.67. The van der Waals surface area contributed by atoms with Gasteiger partial charge in [-0.1, -0.05) is 12.1 Å². The summed E-state index contributed by atoms with van der Waals surface area (Å²) in [6.07, 6.45) is 3.97. The van der Waals surface area contributed by atoms with Crippen molar-refractivity contribution in [1.82, 2.24) is 5.32 Å². The monoisotopic (exact) mass is 217 g/mol. The molecule has 16 heavy (non-hydrogen) atoms. The Labute approximate surface area is 99.3 Å². The average Bonchev–Trinajstić information content (AvgIpc) is 2.27. The van der Waals surface area contributed by atoms with Gasteiger partial charge in [0, 0.05) is 0 Å². The van der Waals surface area contributed by atoms with E-state index in [1.807, 2.05) is 0 Å². The van der Waals surface area contributed by atoms with Crippen LogP contribution < -0.4 is 5.32 Å². The number of nitrogens with one attached hydrogen (secondary N) is 1. The Kier molecular flexibility index (Phi) is 3.65. The van der Waals surface area contributed by atoms with Gasteiger partial charge in [-0.3, -0.25) is 0 Å². The predicted molar refractivity (Wildman–Crippen MR) is 70.0 cm³/mol. The third kappa shape index (κ3) is 2.65. The highest BCUT2D eigenvalue weighted by Crippen LogP contribution is 2.20. The van der Waals surface area contributed by atoms with Crippen LogP contribution in [-0.4, -0.2) is 13.1 Å². The maximum Gasteiger partial charge on any atom is -0.00173 e. The zero-order chi connectivity index (χ0) is 11.5. The Hall–Kier alpha value is -0.820. The predicted octanol–water partition coefficient (Wildman–Crippen LogP) is 3.15. The molecule has 1 heteroatoms. The molecule has 1 aliphatic heterocycles. The maximum absolute atomic E-state index is 3.50. The minimum Gasteiger partial charge on any atom is -0.316 e. The summed E-state index contributed by atoms with van der Waals surface area (Å²) in [6, 6.07) is 4.74. The van der Waals surface area contributed by atoms with E-state index in [0.717, 1.165) is 5.92 Å². The summed E-state index contributed by atoms with van der Waals surface area (Å²) in [5.74, 6) is 0.843. The second-order valence-electron chi connectivity index (χ2n) is 5.27. The lowest BCUT2D eigenvalue weighted by atomic mass is 9.90. The van der Waals surface area contributed by atoms with Gasteiger partial charge in [0.2, 0.25) is 0 Å². The second-order valence-corrected chi connectivity index (χ2v) is 5.27. The Balaban J connectivity index is 2.09. The van der Waals surface area contributed by atoms with Gasteiger partial charge in [0.15, 0.2) is 0 Å². The molecule has 1 nitrogen and oxygen atoms in total. The van der Waals surface area contributed by atoms with Crippen LogP contribution >= 0.6 is 0 Å². The summed E-state index contributed by atoms with van der Waals surface area (Å²) in [6.45, 7) is 9.08. The molecule has 1 N–H and O–H groups in total. The quantitative estimate of drug-likeness (QED) is 0.802. The smallest absolute Gasteiger partial charge is 0.00173 e. The van der Waals surface area contributed by atoms with Crippen LogP contribution in [0.1, 0.15) is 35.1 Å². The van der Waals surface area contributed by atoms with E-state index in [0.29, 0.717) is 0 Å². The van der Waals surface area contributed by atoms with Gasteiger partial charge in [-0.05, 0) is 81.3 Å². The molecule has 1 atom stereocenters. The number of aryl methyl sites for hydroxylation is 2. The van der Waals surface area contributed by atoms with E-state index in [4.69, 9.17) is 0 Å². The van der Waals surface area contributed by atoms with Gasteiger partial charge in [-0.15, -0.1) is 0 Å². The highest BCUT2D eigenvalue weighted by molar-refractivity contribution is 5.37. The molecule has 0 radical (unpaired) electrons. The van der Waals surface area contributed by atoms with E-state index in [1.54, 1.807) is 0 Å². The Morgan fingerprint density at radius 3 is 2.44 bits per heavy atom. The van der Waals surface area contributed by atoms with Crippen molar-refractivity contribution in [2.45, 2.75) is 40.0 Å². The van der Waals surface area contributed by atoms with Crippen LogP contribution in [-0.2, 0) is 6.42 Å². The van der Waals surface area contributed by atoms with Crippen molar-refractivity contribution >= 4 is 0 Å². The minimum absolute atomic E-state index is 0.843. The molecule has 2 rings (SSSR count). The molecule has 0 amide bonds. The molecule has 88 valence electrons. The first-order chi connectivity index (χ1) is 7.66. The van der Waals surface area contributed by atoms with Crippen molar-refractivity contribution in [3.8, 4) is 0 Å². The maximum atomic E-state index is 3.50. The normalized spacial score (nSPS) is 21.1. The van der Waals surface area contributed by atoms with Crippen molar-refractivity contribution in [2.24, 2.45) is 5.92 Å². The molecule has 0 spiro atoms. The van der Waals surface area contributed by atoms with Crippen molar-refractivity contribution < 1.29 is 0 Å². The summed E-state index contributed by atoms with van der Waals surface area (Å²) < 4.78 is 0. The van der Waals surface area contributed by atoms with Gasteiger partial charge in [-0.25, -0.2) is 0 Å². The first-order valence-electron chi connectivity index (χ1n) is 6.44. The zero-order valence-corrected chi connectivity index (χ0v) is 10.8. The SMILES string of the molecule is Cc1cc(CC2CCCNC2)cc(C)c1C. The highest BCUT2D eigenvalue weighted by Gasteiger charge is 2.14. The van der Waals surface area contributed by atoms with Gasteiger partial charge in [0.25, 0.3) is 0 Å². The molecule has 1 unspecified atom stereocenters. The molecule has 1 aromatic carbocycles. The summed E-state index contributed by atoms with van der Waals surface area (Å²) in [4.78, 5) is 0. The standard InChI is InChI=1S/C15H23N/c1-11-7-15(8-12(2)13(11)3)9-14-5-4-6-16-10-14/h7-8,14,16H,4-6,9-10H2,1-3H3. The second kappa shape index (κ2) is 5.01. The molecule has 1 fully saturated rings. The molecule has 0 bridgehead atoms. The molecule has 0 saturated carbocycles. The van der Waals surface area contributed by atoms with Crippen molar-refractivity contribution in [1.29, 1.82) is 0 Å². The summed E-state index contributed by atoms with van der Waals surface area (Å²) >= 11 is 0.